The minimum Gasteiger partial charge on any atom is -0.318 e. The van der Waals surface area contributed by atoms with E-state index in [0.717, 1.165) is 16.8 Å². The van der Waals surface area contributed by atoms with Crippen molar-refractivity contribution in [1.82, 2.24) is 9.78 Å². The summed E-state index contributed by atoms with van der Waals surface area (Å²) in [6.07, 6.45) is 0. The molecule has 4 N–H and O–H groups in total. The Balaban J connectivity index is 2.39. The molecule has 0 amide bonds. The van der Waals surface area contributed by atoms with E-state index in [1.165, 1.54) is 18.2 Å². The molecule has 0 spiro atoms. The predicted octanol–water partition coefficient (Wildman–Crippen LogP) is -0.221. The topological polar surface area (TPSA) is 136 Å². The molecule has 2 rings (SSSR count). The predicted molar refractivity (Wildman–Crippen MR) is 71.3 cm³/mol. The van der Waals surface area contributed by atoms with E-state index < -0.39 is 10.5 Å². The van der Waals surface area contributed by atoms with Crippen LogP contribution in [0.1, 0.15) is 5.56 Å². The second-order valence-corrected chi connectivity index (χ2v) is 3.99. The van der Waals surface area contributed by atoms with Gasteiger partial charge in [-0.3, -0.25) is 30.6 Å². The molecule has 0 saturated carbocycles. The van der Waals surface area contributed by atoms with Gasteiger partial charge in [0.05, 0.1) is 11.5 Å². The van der Waals surface area contributed by atoms with E-state index in [4.69, 9.17) is 5.84 Å². The van der Waals surface area contributed by atoms with Crippen molar-refractivity contribution in [2.75, 3.05) is 5.43 Å². The van der Waals surface area contributed by atoms with Crippen molar-refractivity contribution in [2.45, 2.75) is 6.54 Å². The van der Waals surface area contributed by atoms with Crippen molar-refractivity contribution < 1.29 is 4.92 Å². The average molecular weight is 277 g/mol. The maximum atomic E-state index is 11.5. The number of rotatable bonds is 4. The molecule has 2 aromatic rings. The third-order valence-corrected chi connectivity index (χ3v) is 2.64. The summed E-state index contributed by atoms with van der Waals surface area (Å²) in [4.78, 5) is 32.9. The summed E-state index contributed by atoms with van der Waals surface area (Å²) in [5.74, 6) is 5.22. The number of hydrazine groups is 1. The maximum absolute atomic E-state index is 11.5. The van der Waals surface area contributed by atoms with Gasteiger partial charge in [0.15, 0.2) is 0 Å². The smallest absolute Gasteiger partial charge is 0.293 e. The SMILES string of the molecule is NNc1cc(Cn2[nH]c(=O)ccc2=O)ccc1[N+](=O)[O-]. The van der Waals surface area contributed by atoms with Gasteiger partial charge in [0.25, 0.3) is 16.8 Å². The molecule has 0 saturated heterocycles. The van der Waals surface area contributed by atoms with Crippen molar-refractivity contribution in [3.05, 3.63) is 66.7 Å². The zero-order valence-electron chi connectivity index (χ0n) is 10.2. The Morgan fingerprint density at radius 3 is 2.70 bits per heavy atom. The van der Waals surface area contributed by atoms with Gasteiger partial charge in [-0.05, 0) is 11.6 Å². The fraction of sp³-hybridized carbons (Fsp3) is 0.0909. The number of nitro benzene ring substituents is 1. The first-order valence-corrected chi connectivity index (χ1v) is 5.55. The summed E-state index contributed by atoms with van der Waals surface area (Å²) >= 11 is 0. The molecule has 104 valence electrons. The lowest BCUT2D eigenvalue weighted by Crippen LogP contribution is -2.28. The maximum Gasteiger partial charge on any atom is 0.293 e. The first-order valence-electron chi connectivity index (χ1n) is 5.55. The van der Waals surface area contributed by atoms with Gasteiger partial charge in [0.1, 0.15) is 5.69 Å². The number of nitrogens with zero attached hydrogens (tertiary/aromatic N) is 2. The molecule has 1 aromatic carbocycles. The standard InChI is InChI=1S/C11H11N5O4/c12-13-8-5-7(1-2-9(8)16(19)20)6-15-11(18)4-3-10(17)14-15/h1-5,13H,6,12H2,(H,14,17). The molecule has 0 bridgehead atoms. The summed E-state index contributed by atoms with van der Waals surface area (Å²) in [5, 5.41) is 13.1. The summed E-state index contributed by atoms with van der Waals surface area (Å²) < 4.78 is 1.10. The van der Waals surface area contributed by atoms with E-state index in [9.17, 15) is 19.7 Å². The monoisotopic (exact) mass is 277 g/mol. The van der Waals surface area contributed by atoms with Crippen LogP contribution in [0.2, 0.25) is 0 Å². The minimum atomic E-state index is -0.574. The van der Waals surface area contributed by atoms with E-state index in [0.29, 0.717) is 5.56 Å². The fourth-order valence-corrected chi connectivity index (χ4v) is 1.72. The van der Waals surface area contributed by atoms with Crippen LogP contribution in [0.15, 0.2) is 39.9 Å². The molecule has 1 aromatic heterocycles. The molecule has 1 heterocycles. The third kappa shape index (κ3) is 2.72. The van der Waals surface area contributed by atoms with Crippen molar-refractivity contribution in [3.63, 3.8) is 0 Å². The third-order valence-electron chi connectivity index (χ3n) is 2.64. The molecule has 0 atom stereocenters. The van der Waals surface area contributed by atoms with Gasteiger partial charge >= 0.3 is 0 Å². The van der Waals surface area contributed by atoms with Gasteiger partial charge < -0.3 is 5.43 Å². The quantitative estimate of drug-likeness (QED) is 0.401. The number of H-pyrrole nitrogens is 1. The van der Waals surface area contributed by atoms with Gasteiger partial charge in [0, 0.05) is 18.2 Å². The van der Waals surface area contributed by atoms with Gasteiger partial charge in [-0.15, -0.1) is 0 Å². The van der Waals surface area contributed by atoms with Crippen molar-refractivity contribution >= 4 is 11.4 Å². The lowest BCUT2D eigenvalue weighted by atomic mass is 10.1. The molecule has 9 heteroatoms. The Hall–Kier alpha value is -2.94. The molecular formula is C11H11N5O4. The number of anilines is 1. The zero-order valence-corrected chi connectivity index (χ0v) is 10.2. The van der Waals surface area contributed by atoms with E-state index in [-0.39, 0.29) is 23.5 Å². The van der Waals surface area contributed by atoms with Gasteiger partial charge in [-0.25, -0.2) is 4.68 Å². The molecule has 0 aliphatic heterocycles. The van der Waals surface area contributed by atoms with E-state index >= 15 is 0 Å². The number of nitrogens with two attached hydrogens (primary N) is 1. The molecule has 20 heavy (non-hydrogen) atoms. The molecule has 0 radical (unpaired) electrons. The molecule has 0 aliphatic carbocycles. The summed E-state index contributed by atoms with van der Waals surface area (Å²) in [7, 11) is 0. The van der Waals surface area contributed by atoms with Crippen LogP contribution in [0.25, 0.3) is 0 Å². The number of hydrogen-bond donors (Lipinski definition) is 3. The number of nitrogens with one attached hydrogen (secondary N) is 2. The van der Waals surface area contributed by atoms with Gasteiger partial charge in [0.2, 0.25) is 0 Å². The highest BCUT2D eigenvalue weighted by Gasteiger charge is 2.13. The van der Waals surface area contributed by atoms with Crippen LogP contribution in [-0.4, -0.2) is 14.7 Å². The lowest BCUT2D eigenvalue weighted by Gasteiger charge is -2.07. The number of nitrogen functional groups attached to an aromatic ring is 1. The zero-order chi connectivity index (χ0) is 14.7. The molecule has 0 fully saturated rings. The second-order valence-electron chi connectivity index (χ2n) is 3.99. The average Bonchev–Trinajstić information content (AvgIpc) is 2.42. The number of aromatic amines is 1. The minimum absolute atomic E-state index is 0.0710. The van der Waals surface area contributed by atoms with Crippen LogP contribution >= 0.6 is 0 Å². The number of nitro groups is 1. The largest absolute Gasteiger partial charge is 0.318 e. The number of aromatic nitrogens is 2. The highest BCUT2D eigenvalue weighted by atomic mass is 16.6. The van der Waals surface area contributed by atoms with Gasteiger partial charge in [-0.2, -0.15) is 0 Å². The van der Waals surface area contributed by atoms with E-state index in [2.05, 4.69) is 10.5 Å². The second kappa shape index (κ2) is 5.36. The van der Waals surface area contributed by atoms with Crippen molar-refractivity contribution in [2.24, 2.45) is 5.84 Å². The Bertz CT molecular complexity index is 764. The molecule has 9 nitrogen and oxygen atoms in total. The van der Waals surface area contributed by atoms with E-state index in [1.54, 1.807) is 0 Å². The normalized spacial score (nSPS) is 10.2. The van der Waals surface area contributed by atoms with Crippen molar-refractivity contribution in [1.29, 1.82) is 0 Å². The van der Waals surface area contributed by atoms with Crippen LogP contribution in [-0.2, 0) is 6.54 Å². The lowest BCUT2D eigenvalue weighted by molar-refractivity contribution is -0.384. The number of hydrogen-bond acceptors (Lipinski definition) is 6. The molecule has 0 aliphatic rings. The summed E-state index contributed by atoms with van der Waals surface area (Å²) in [5.41, 5.74) is 1.96. The first kappa shape index (κ1) is 13.5. The fourth-order valence-electron chi connectivity index (χ4n) is 1.72. The van der Waals surface area contributed by atoms with Crippen LogP contribution in [0.5, 0.6) is 0 Å². The molecule has 0 unspecified atom stereocenters. The van der Waals surface area contributed by atoms with Crippen molar-refractivity contribution in [3.8, 4) is 0 Å². The first-order chi connectivity index (χ1) is 9.51. The van der Waals surface area contributed by atoms with Crippen LogP contribution in [0, 0.1) is 10.1 Å². The Labute approximate surface area is 111 Å². The highest BCUT2D eigenvalue weighted by molar-refractivity contribution is 5.62. The highest BCUT2D eigenvalue weighted by Crippen LogP contribution is 2.24. The Morgan fingerprint density at radius 1 is 1.30 bits per heavy atom. The van der Waals surface area contributed by atoms with E-state index in [1.807, 2.05) is 0 Å². The Morgan fingerprint density at radius 2 is 2.05 bits per heavy atom. The van der Waals surface area contributed by atoms with Crippen LogP contribution < -0.4 is 22.4 Å². The van der Waals surface area contributed by atoms with Crippen LogP contribution in [0.3, 0.4) is 0 Å². The number of benzene rings is 1. The van der Waals surface area contributed by atoms with Gasteiger partial charge in [-0.1, -0.05) is 6.07 Å². The summed E-state index contributed by atoms with van der Waals surface area (Å²) in [6, 6.07) is 6.47. The Kier molecular flexibility index (Phi) is 3.62. The summed E-state index contributed by atoms with van der Waals surface area (Å²) in [6.45, 7) is 0.0710. The van der Waals surface area contributed by atoms with Crippen LogP contribution in [0.4, 0.5) is 11.4 Å². The molecular weight excluding hydrogens is 266 g/mol.